The van der Waals surface area contributed by atoms with Crippen LogP contribution in [0.1, 0.15) is 34.7 Å². The van der Waals surface area contributed by atoms with Crippen LogP contribution < -0.4 is 10.6 Å². The lowest BCUT2D eigenvalue weighted by Crippen LogP contribution is -2.37. The smallest absolute Gasteiger partial charge is 0.244 e. The first-order valence-corrected chi connectivity index (χ1v) is 11.1. The fourth-order valence-corrected chi connectivity index (χ4v) is 5.05. The van der Waals surface area contributed by atoms with Crippen molar-refractivity contribution >= 4 is 51.5 Å². The summed E-state index contributed by atoms with van der Waals surface area (Å²) in [5.74, 6) is -0.114. The van der Waals surface area contributed by atoms with Gasteiger partial charge in [-0.1, -0.05) is 24.3 Å². The number of anilines is 1. The van der Waals surface area contributed by atoms with E-state index in [0.717, 1.165) is 31.9 Å². The third-order valence-electron chi connectivity index (χ3n) is 5.21. The van der Waals surface area contributed by atoms with E-state index in [1.165, 1.54) is 0 Å². The predicted octanol–water partition coefficient (Wildman–Crippen LogP) is 4.24. The molecule has 3 N–H and O–H groups in total. The number of carbonyl (C=O) groups excluding carboxylic acids is 1. The van der Waals surface area contributed by atoms with Gasteiger partial charge in [0.1, 0.15) is 6.54 Å². The van der Waals surface area contributed by atoms with Gasteiger partial charge >= 0.3 is 0 Å². The molecule has 2 atom stereocenters. The van der Waals surface area contributed by atoms with Gasteiger partial charge < -0.3 is 20.5 Å². The Morgan fingerprint density at radius 1 is 1.17 bits per heavy atom. The molecule has 1 aliphatic heterocycles. The normalized spacial score (nSPS) is 18.4. The monoisotopic (exact) mass is 531 g/mol. The van der Waals surface area contributed by atoms with Crippen LogP contribution in [0.3, 0.4) is 0 Å². The van der Waals surface area contributed by atoms with Crippen molar-refractivity contribution < 1.29 is 4.79 Å². The minimum atomic E-state index is -0.148. The third kappa shape index (κ3) is 4.06. The summed E-state index contributed by atoms with van der Waals surface area (Å²) >= 11 is 8.03. The van der Waals surface area contributed by atoms with E-state index in [4.69, 9.17) is 12.2 Å². The van der Waals surface area contributed by atoms with Crippen LogP contribution in [0.5, 0.6) is 0 Å². The molecule has 0 spiro atoms. The van der Waals surface area contributed by atoms with Crippen molar-refractivity contribution in [2.24, 2.45) is 0 Å². The van der Waals surface area contributed by atoms with Crippen molar-refractivity contribution in [3.05, 3.63) is 80.9 Å². The van der Waals surface area contributed by atoms with E-state index in [1.54, 1.807) is 6.20 Å². The van der Waals surface area contributed by atoms with E-state index in [9.17, 15) is 4.79 Å². The van der Waals surface area contributed by atoms with Crippen LogP contribution in [-0.4, -0.2) is 32.4 Å². The number of nitrogens with one attached hydrogen (secondary N) is 3. The van der Waals surface area contributed by atoms with Crippen LogP contribution in [0.25, 0.3) is 0 Å². The lowest BCUT2D eigenvalue weighted by molar-refractivity contribution is -0.116. The standard InChI is InChI=1S/C22H22IN5OS/c1-13-18(19(23)14(2)25-13)21-20(16-10-6-7-11-24-16)27-22(30)28(21)12-17(29)26-15-8-4-3-5-9-15/h3-11,20-21,25H,12H2,1-2H3,(H,26,29)(H,27,30)/t20-,21-/m1/s1. The number of aromatic amines is 1. The summed E-state index contributed by atoms with van der Waals surface area (Å²) < 4.78 is 1.15. The molecule has 154 valence electrons. The fourth-order valence-electron chi connectivity index (χ4n) is 3.89. The zero-order valence-electron chi connectivity index (χ0n) is 16.6. The van der Waals surface area contributed by atoms with Crippen LogP contribution in [-0.2, 0) is 4.79 Å². The molecule has 1 aromatic carbocycles. The van der Waals surface area contributed by atoms with E-state index >= 15 is 0 Å². The molecule has 6 nitrogen and oxygen atoms in total. The van der Waals surface area contributed by atoms with Gasteiger partial charge in [-0.25, -0.2) is 0 Å². The van der Waals surface area contributed by atoms with Crippen LogP contribution in [0.15, 0.2) is 54.7 Å². The molecule has 8 heteroatoms. The van der Waals surface area contributed by atoms with Crippen molar-refractivity contribution in [1.82, 2.24) is 20.2 Å². The molecule has 3 aromatic rings. The summed E-state index contributed by atoms with van der Waals surface area (Å²) in [7, 11) is 0. The second-order valence-electron chi connectivity index (χ2n) is 7.27. The van der Waals surface area contributed by atoms with Gasteiger partial charge in [0.2, 0.25) is 5.91 Å². The molecule has 1 aliphatic rings. The highest BCUT2D eigenvalue weighted by molar-refractivity contribution is 14.1. The number of pyridine rings is 1. The molecule has 0 aliphatic carbocycles. The average Bonchev–Trinajstić information content (AvgIpc) is 3.18. The van der Waals surface area contributed by atoms with Gasteiger partial charge in [0, 0.05) is 32.4 Å². The van der Waals surface area contributed by atoms with Crippen LogP contribution in [0.2, 0.25) is 0 Å². The van der Waals surface area contributed by atoms with Gasteiger partial charge in [0.25, 0.3) is 0 Å². The maximum Gasteiger partial charge on any atom is 0.244 e. The van der Waals surface area contributed by atoms with E-state index in [1.807, 2.05) is 53.4 Å². The number of halogens is 1. The molecular formula is C22H22IN5OS. The average molecular weight is 531 g/mol. The Morgan fingerprint density at radius 2 is 1.90 bits per heavy atom. The van der Waals surface area contributed by atoms with Gasteiger partial charge in [-0.2, -0.15) is 0 Å². The number of rotatable bonds is 5. The molecule has 0 saturated carbocycles. The Bertz CT molecular complexity index is 1070. The Labute approximate surface area is 194 Å². The number of nitrogens with zero attached hydrogens (tertiary/aromatic N) is 2. The van der Waals surface area contributed by atoms with Crippen molar-refractivity contribution in [3.63, 3.8) is 0 Å². The largest absolute Gasteiger partial charge is 0.362 e. The zero-order valence-corrected chi connectivity index (χ0v) is 19.6. The summed E-state index contributed by atoms with van der Waals surface area (Å²) in [4.78, 5) is 22.8. The summed E-state index contributed by atoms with van der Waals surface area (Å²) in [6, 6.07) is 15.0. The van der Waals surface area contributed by atoms with Gasteiger partial charge in [-0.05, 0) is 72.9 Å². The lowest BCUT2D eigenvalue weighted by Gasteiger charge is -2.28. The Morgan fingerprint density at radius 3 is 2.53 bits per heavy atom. The number of carbonyl (C=O) groups is 1. The SMILES string of the molecule is Cc1[nH]c(C)c([C@@H]2[C@@H](c3ccccn3)NC(=S)N2CC(=O)Nc2ccccc2)c1I. The molecule has 1 amide bonds. The van der Waals surface area contributed by atoms with Crippen LogP contribution in [0.4, 0.5) is 5.69 Å². The number of amides is 1. The second kappa shape index (κ2) is 8.73. The number of benzene rings is 1. The highest BCUT2D eigenvalue weighted by Gasteiger charge is 2.42. The first-order chi connectivity index (χ1) is 14.5. The van der Waals surface area contributed by atoms with E-state index in [0.29, 0.717) is 5.11 Å². The minimum Gasteiger partial charge on any atom is -0.362 e. The van der Waals surface area contributed by atoms with Crippen LogP contribution >= 0.6 is 34.8 Å². The number of H-pyrrole nitrogens is 1. The molecule has 0 bridgehead atoms. The molecule has 2 aromatic heterocycles. The lowest BCUT2D eigenvalue weighted by atomic mass is 9.97. The molecule has 4 rings (SSSR count). The van der Waals surface area contributed by atoms with Crippen molar-refractivity contribution in [1.29, 1.82) is 0 Å². The molecule has 1 saturated heterocycles. The Hall–Kier alpha value is -2.46. The topological polar surface area (TPSA) is 73.0 Å². The van der Waals surface area contributed by atoms with Gasteiger partial charge in [0.15, 0.2) is 5.11 Å². The van der Waals surface area contributed by atoms with Crippen molar-refractivity contribution in [2.45, 2.75) is 25.9 Å². The summed E-state index contributed by atoms with van der Waals surface area (Å²) in [6.45, 7) is 4.26. The van der Waals surface area contributed by atoms with Gasteiger partial charge in [-0.3, -0.25) is 9.78 Å². The number of hydrogen-bond donors (Lipinski definition) is 3. The highest BCUT2D eigenvalue weighted by Crippen LogP contribution is 2.42. The van der Waals surface area contributed by atoms with E-state index < -0.39 is 0 Å². The molecule has 30 heavy (non-hydrogen) atoms. The number of hydrogen-bond acceptors (Lipinski definition) is 3. The highest BCUT2D eigenvalue weighted by atomic mass is 127. The number of aromatic nitrogens is 2. The van der Waals surface area contributed by atoms with E-state index in [2.05, 4.69) is 57.0 Å². The minimum absolute atomic E-state index is 0.114. The first kappa shape index (κ1) is 20.8. The molecule has 1 fully saturated rings. The maximum absolute atomic E-state index is 12.8. The van der Waals surface area contributed by atoms with Gasteiger partial charge in [0.05, 0.1) is 17.8 Å². The van der Waals surface area contributed by atoms with Crippen molar-refractivity contribution in [2.75, 3.05) is 11.9 Å². The number of para-hydroxylation sites is 1. The van der Waals surface area contributed by atoms with Crippen molar-refractivity contribution in [3.8, 4) is 0 Å². The summed E-state index contributed by atoms with van der Waals surface area (Å²) in [5.41, 5.74) is 4.98. The molecule has 0 radical (unpaired) electrons. The van der Waals surface area contributed by atoms with Crippen LogP contribution in [0, 0.1) is 17.4 Å². The maximum atomic E-state index is 12.8. The molecule has 0 unspecified atom stereocenters. The Kier molecular flexibility index (Phi) is 6.05. The summed E-state index contributed by atoms with van der Waals surface area (Å²) in [6.07, 6.45) is 1.78. The second-order valence-corrected chi connectivity index (χ2v) is 8.74. The molecular weight excluding hydrogens is 509 g/mol. The molecule has 3 heterocycles. The number of thiocarbonyl (C=S) groups is 1. The first-order valence-electron chi connectivity index (χ1n) is 9.63. The zero-order chi connectivity index (χ0) is 21.3. The predicted molar refractivity (Wildman–Crippen MR) is 130 cm³/mol. The van der Waals surface area contributed by atoms with Gasteiger partial charge in [-0.15, -0.1) is 0 Å². The van der Waals surface area contributed by atoms with E-state index in [-0.39, 0.29) is 24.5 Å². The number of aryl methyl sites for hydroxylation is 2. The fraction of sp³-hybridized carbons (Fsp3) is 0.227. The third-order valence-corrected chi connectivity index (χ3v) is 6.95. The summed E-state index contributed by atoms with van der Waals surface area (Å²) in [5, 5.41) is 6.91. The quantitative estimate of drug-likeness (QED) is 0.340. The Balaban J connectivity index is 1.68.